The minimum absolute atomic E-state index is 0.305. The van der Waals surface area contributed by atoms with Crippen molar-refractivity contribution in [1.82, 2.24) is 14.8 Å². The van der Waals surface area contributed by atoms with E-state index in [0.717, 1.165) is 15.8 Å². The fourth-order valence-electron chi connectivity index (χ4n) is 2.80. The van der Waals surface area contributed by atoms with Crippen molar-refractivity contribution in [2.24, 2.45) is 0 Å². The average molecular weight is 366 g/mol. The van der Waals surface area contributed by atoms with Gasteiger partial charge in [0.1, 0.15) is 11.5 Å². The molecule has 0 atom stereocenters. The maximum atomic E-state index is 14.0. The Morgan fingerprint density at radius 2 is 1.96 bits per heavy atom. The summed E-state index contributed by atoms with van der Waals surface area (Å²) in [6.45, 7) is 3.72. The van der Waals surface area contributed by atoms with E-state index in [9.17, 15) is 9.18 Å². The Morgan fingerprint density at radius 3 is 2.73 bits per heavy atom. The summed E-state index contributed by atoms with van der Waals surface area (Å²) in [5, 5.41) is 7.51. The Morgan fingerprint density at radius 1 is 1.15 bits per heavy atom. The van der Waals surface area contributed by atoms with Gasteiger partial charge in [0.05, 0.1) is 27.7 Å². The van der Waals surface area contributed by atoms with E-state index >= 15 is 0 Å². The number of halogens is 1. The van der Waals surface area contributed by atoms with Gasteiger partial charge in [0, 0.05) is 0 Å². The number of thiazole rings is 1. The molecule has 2 aromatic carbocycles. The number of carbonyl (C=O) groups is 1. The molecule has 26 heavy (non-hydrogen) atoms. The monoisotopic (exact) mass is 366 g/mol. The number of amides is 1. The molecule has 0 radical (unpaired) electrons. The van der Waals surface area contributed by atoms with Gasteiger partial charge in [0.25, 0.3) is 5.91 Å². The molecule has 2 aromatic heterocycles. The van der Waals surface area contributed by atoms with Gasteiger partial charge in [-0.15, -0.1) is 0 Å². The van der Waals surface area contributed by atoms with Crippen LogP contribution in [0.3, 0.4) is 0 Å². The smallest absolute Gasteiger partial charge is 0.260 e. The number of nitrogens with one attached hydrogen (secondary N) is 1. The van der Waals surface area contributed by atoms with Crippen LogP contribution in [0, 0.1) is 19.7 Å². The van der Waals surface area contributed by atoms with E-state index in [1.54, 1.807) is 25.1 Å². The zero-order chi connectivity index (χ0) is 18.3. The van der Waals surface area contributed by atoms with Crippen LogP contribution in [0.2, 0.25) is 0 Å². The van der Waals surface area contributed by atoms with Crippen LogP contribution < -0.4 is 5.32 Å². The average Bonchev–Trinajstić information content (AvgIpc) is 3.19. The van der Waals surface area contributed by atoms with Crippen LogP contribution in [-0.2, 0) is 0 Å². The first kappa shape index (κ1) is 16.4. The first-order chi connectivity index (χ1) is 12.5. The molecule has 0 aliphatic carbocycles. The van der Waals surface area contributed by atoms with Crippen molar-refractivity contribution in [2.45, 2.75) is 13.8 Å². The van der Waals surface area contributed by atoms with E-state index in [-0.39, 0.29) is 5.91 Å². The highest BCUT2D eigenvalue weighted by atomic mass is 32.1. The lowest BCUT2D eigenvalue weighted by molar-refractivity contribution is 0.102. The summed E-state index contributed by atoms with van der Waals surface area (Å²) < 4.78 is 16.4. The molecule has 0 spiro atoms. The minimum atomic E-state index is -0.396. The number of hydrogen-bond acceptors (Lipinski definition) is 4. The molecule has 7 heteroatoms. The molecule has 0 saturated carbocycles. The van der Waals surface area contributed by atoms with Gasteiger partial charge in [-0.2, -0.15) is 5.10 Å². The number of rotatable bonds is 3. The minimum Gasteiger partial charge on any atom is -0.298 e. The fraction of sp³-hybridized carbons (Fsp3) is 0.105. The van der Waals surface area contributed by atoms with Crippen molar-refractivity contribution >= 4 is 32.6 Å². The molecule has 1 amide bonds. The van der Waals surface area contributed by atoms with Gasteiger partial charge in [0.15, 0.2) is 5.13 Å². The molecule has 0 unspecified atom stereocenters. The first-order valence-corrected chi connectivity index (χ1v) is 8.83. The van der Waals surface area contributed by atoms with Gasteiger partial charge >= 0.3 is 0 Å². The zero-order valence-electron chi connectivity index (χ0n) is 14.2. The van der Waals surface area contributed by atoms with Crippen molar-refractivity contribution in [1.29, 1.82) is 0 Å². The summed E-state index contributed by atoms with van der Waals surface area (Å²) in [5.41, 5.74) is 3.18. The summed E-state index contributed by atoms with van der Waals surface area (Å²) in [6, 6.07) is 12.2. The number of aryl methyl sites for hydroxylation is 1. The lowest BCUT2D eigenvalue weighted by atomic mass is 10.2. The molecule has 0 aliphatic rings. The molecule has 130 valence electrons. The molecule has 0 saturated heterocycles. The second-order valence-electron chi connectivity index (χ2n) is 5.90. The van der Waals surface area contributed by atoms with Crippen molar-refractivity contribution in [3.63, 3.8) is 0 Å². The molecule has 0 fully saturated rings. The van der Waals surface area contributed by atoms with Gasteiger partial charge in [-0.25, -0.2) is 14.1 Å². The molecular weight excluding hydrogens is 351 g/mol. The Kier molecular flexibility index (Phi) is 4.00. The largest absolute Gasteiger partial charge is 0.298 e. The van der Waals surface area contributed by atoms with Crippen molar-refractivity contribution in [3.8, 4) is 5.69 Å². The predicted octanol–water partition coefficient (Wildman–Crippen LogP) is 4.49. The third-order valence-corrected chi connectivity index (χ3v) is 5.11. The molecule has 1 N–H and O–H groups in total. The SMILES string of the molecule is Cc1cccc2sc(NC(=O)c3cnn(-c4ccccc4F)c3C)nc12. The van der Waals surface area contributed by atoms with Gasteiger partial charge in [-0.05, 0) is 37.6 Å². The number of anilines is 1. The molecular formula is C19H15FN4OS. The zero-order valence-corrected chi connectivity index (χ0v) is 15.0. The van der Waals surface area contributed by atoms with E-state index in [0.29, 0.717) is 22.1 Å². The van der Waals surface area contributed by atoms with Gasteiger partial charge in [-0.3, -0.25) is 10.1 Å². The van der Waals surface area contributed by atoms with Crippen LogP contribution in [0.4, 0.5) is 9.52 Å². The van der Waals surface area contributed by atoms with Gasteiger partial charge < -0.3 is 0 Å². The summed E-state index contributed by atoms with van der Waals surface area (Å²) in [5.74, 6) is -0.714. The van der Waals surface area contributed by atoms with Crippen LogP contribution in [0.15, 0.2) is 48.7 Å². The number of para-hydroxylation sites is 2. The van der Waals surface area contributed by atoms with Crippen LogP contribution in [0.5, 0.6) is 0 Å². The fourth-order valence-corrected chi connectivity index (χ4v) is 3.74. The van der Waals surface area contributed by atoms with Crippen molar-refractivity contribution in [2.75, 3.05) is 5.32 Å². The standard InChI is InChI=1S/C19H15FN4OS/c1-11-6-5-9-16-17(11)22-19(26-16)23-18(25)13-10-21-24(12(13)2)15-8-4-3-7-14(15)20/h3-10H,1-2H3,(H,22,23,25). The number of aromatic nitrogens is 3. The second-order valence-corrected chi connectivity index (χ2v) is 6.93. The van der Waals surface area contributed by atoms with Crippen molar-refractivity contribution < 1.29 is 9.18 Å². The number of fused-ring (bicyclic) bond motifs is 1. The van der Waals surface area contributed by atoms with Crippen LogP contribution in [0.25, 0.3) is 15.9 Å². The molecule has 0 bridgehead atoms. The third kappa shape index (κ3) is 2.76. The predicted molar refractivity (Wildman–Crippen MR) is 101 cm³/mol. The maximum Gasteiger partial charge on any atom is 0.260 e. The Balaban J connectivity index is 1.64. The Hall–Kier alpha value is -3.06. The van der Waals surface area contributed by atoms with E-state index in [4.69, 9.17) is 0 Å². The Labute approximate surface area is 153 Å². The molecule has 0 aliphatic heterocycles. The topological polar surface area (TPSA) is 59.8 Å². The normalized spacial score (nSPS) is 11.0. The molecule has 4 aromatic rings. The lowest BCUT2D eigenvalue weighted by Crippen LogP contribution is -2.13. The van der Waals surface area contributed by atoms with Gasteiger partial charge in [0.2, 0.25) is 0 Å². The second kappa shape index (κ2) is 6.34. The quantitative estimate of drug-likeness (QED) is 0.581. The highest BCUT2D eigenvalue weighted by molar-refractivity contribution is 7.22. The van der Waals surface area contributed by atoms with E-state index in [2.05, 4.69) is 15.4 Å². The molecule has 2 heterocycles. The van der Waals surface area contributed by atoms with Crippen molar-refractivity contribution in [3.05, 3.63) is 71.3 Å². The maximum absolute atomic E-state index is 14.0. The molecule has 5 nitrogen and oxygen atoms in total. The highest BCUT2D eigenvalue weighted by Crippen LogP contribution is 2.28. The highest BCUT2D eigenvalue weighted by Gasteiger charge is 2.18. The summed E-state index contributed by atoms with van der Waals surface area (Å²) >= 11 is 1.42. The van der Waals surface area contributed by atoms with Crippen LogP contribution >= 0.6 is 11.3 Å². The number of carbonyl (C=O) groups excluding carboxylic acids is 1. The summed E-state index contributed by atoms with van der Waals surface area (Å²) in [7, 11) is 0. The summed E-state index contributed by atoms with van der Waals surface area (Å²) in [4.78, 5) is 17.1. The first-order valence-electron chi connectivity index (χ1n) is 8.01. The van der Waals surface area contributed by atoms with Gasteiger partial charge in [-0.1, -0.05) is 35.6 Å². The molecule has 4 rings (SSSR count). The van der Waals surface area contributed by atoms with E-state index in [1.807, 2.05) is 25.1 Å². The number of benzene rings is 2. The Bertz CT molecular complexity index is 1130. The van der Waals surface area contributed by atoms with Crippen LogP contribution in [0.1, 0.15) is 21.6 Å². The third-order valence-electron chi connectivity index (χ3n) is 4.18. The van der Waals surface area contributed by atoms with E-state index in [1.165, 1.54) is 28.3 Å². The lowest BCUT2D eigenvalue weighted by Gasteiger charge is -2.06. The summed E-state index contributed by atoms with van der Waals surface area (Å²) in [6.07, 6.45) is 1.44. The van der Waals surface area contributed by atoms with Crippen LogP contribution in [-0.4, -0.2) is 20.7 Å². The number of hydrogen-bond donors (Lipinski definition) is 1. The number of nitrogens with zero attached hydrogens (tertiary/aromatic N) is 3. The van der Waals surface area contributed by atoms with E-state index < -0.39 is 5.82 Å².